The summed E-state index contributed by atoms with van der Waals surface area (Å²) in [6.07, 6.45) is 0.561. The number of aromatic hydroxyl groups is 1. The number of cyclic esters (lactones) is 1. The van der Waals surface area contributed by atoms with Crippen molar-refractivity contribution in [2.45, 2.75) is 64.1 Å². The Kier molecular flexibility index (Phi) is 10.8. The fourth-order valence-electron chi connectivity index (χ4n) is 8.01. The van der Waals surface area contributed by atoms with Gasteiger partial charge >= 0.3 is 17.9 Å². The number of phenols is 1. The van der Waals surface area contributed by atoms with Crippen LogP contribution < -0.4 is 27.2 Å². The molecule has 0 fully saturated rings. The maximum atomic E-state index is 14.1. The van der Waals surface area contributed by atoms with Gasteiger partial charge in [-0.15, -0.1) is 0 Å². The number of fused-ring (bicyclic) bond motifs is 6. The lowest BCUT2D eigenvalue weighted by molar-refractivity contribution is -0.189. The third-order valence-corrected chi connectivity index (χ3v) is 11.2. The maximum Gasteiger partial charge on any atom is 0.355 e. The summed E-state index contributed by atoms with van der Waals surface area (Å²) in [6.45, 7) is 2.21. The second-order valence-electron chi connectivity index (χ2n) is 15.7. The van der Waals surface area contributed by atoms with E-state index in [2.05, 4.69) is 25.3 Å². The summed E-state index contributed by atoms with van der Waals surface area (Å²) in [7, 11) is 5.58. The molecule has 6 aromatic rings. The average molecular weight is 858 g/mol. The van der Waals surface area contributed by atoms with E-state index in [9.17, 15) is 34.2 Å². The predicted molar refractivity (Wildman–Crippen MR) is 228 cm³/mol. The zero-order valence-electron chi connectivity index (χ0n) is 34.7. The minimum absolute atomic E-state index is 0.0125. The number of rotatable bonds is 13. The van der Waals surface area contributed by atoms with Gasteiger partial charge in [-0.3, -0.25) is 14.4 Å². The number of nitrogens with two attached hydrogens (primary N) is 2. The summed E-state index contributed by atoms with van der Waals surface area (Å²) in [5.41, 5.74) is 14.4. The molecule has 1 amide bonds. The molecular formula is C43H43N11O9. The molecule has 0 unspecified atom stereocenters. The first-order valence-electron chi connectivity index (χ1n) is 19.9. The van der Waals surface area contributed by atoms with Crippen molar-refractivity contribution in [3.8, 4) is 17.1 Å². The molecule has 6 heterocycles. The number of nitrogens with zero attached hydrogens (tertiary/aromatic N) is 8. The molecule has 63 heavy (non-hydrogen) atoms. The van der Waals surface area contributed by atoms with Crippen molar-refractivity contribution in [2.24, 2.45) is 0 Å². The summed E-state index contributed by atoms with van der Waals surface area (Å²) < 4.78 is 12.9. The number of aliphatic carboxylic acids is 1. The molecule has 2 aliphatic rings. The van der Waals surface area contributed by atoms with Gasteiger partial charge in [0.2, 0.25) is 11.5 Å². The number of hydrogen-bond donors (Lipinski definition) is 5. The molecule has 0 spiro atoms. The second-order valence-corrected chi connectivity index (χ2v) is 15.7. The Labute approximate surface area is 358 Å². The van der Waals surface area contributed by atoms with Gasteiger partial charge in [0.05, 0.1) is 47.4 Å². The van der Waals surface area contributed by atoms with Crippen molar-refractivity contribution in [1.29, 1.82) is 0 Å². The number of aromatic nitrogens is 6. The maximum absolute atomic E-state index is 14.1. The monoisotopic (exact) mass is 857 g/mol. The van der Waals surface area contributed by atoms with Crippen LogP contribution in [0, 0.1) is 0 Å². The van der Waals surface area contributed by atoms with Crippen molar-refractivity contribution in [3.63, 3.8) is 0 Å². The lowest BCUT2D eigenvalue weighted by atomic mass is 9.85. The molecule has 0 saturated heterocycles. The van der Waals surface area contributed by atoms with Crippen LogP contribution in [0.15, 0.2) is 59.5 Å². The Morgan fingerprint density at radius 3 is 2.49 bits per heavy atom. The Balaban J connectivity index is 0.959. The Hall–Kier alpha value is -7.74. The first-order chi connectivity index (χ1) is 30.1. The number of hydrogen-bond acceptors (Lipinski definition) is 17. The standard InChI is InChI=1S/C43H43N11O9/c1-5-43(28-15-31-34-22(17-54(31)39(58)27(28)20-62-41(43)61)14-25-26(19-52(2)3)32(55)12-10-29(25)48-34)63-33(56)13-11-30(40(59)60)49-38(57)21-6-8-24(9-7-21)53(4)18-23-16-46-37-35(47-23)36(44)50-42(45)51-37/h6-10,12,14-16,30,55H,5,11,13,17-20H2,1-4H3,(H,49,57)(H,59,60)(H4,44,45,46,50,51)/t30-,43-/m0/s1. The fourth-order valence-corrected chi connectivity index (χ4v) is 8.01. The van der Waals surface area contributed by atoms with Crippen LogP contribution in [-0.2, 0) is 55.7 Å². The van der Waals surface area contributed by atoms with Gasteiger partial charge in [-0.1, -0.05) is 6.92 Å². The zero-order valence-corrected chi connectivity index (χ0v) is 34.7. The molecule has 20 nitrogen and oxygen atoms in total. The van der Waals surface area contributed by atoms with Gasteiger partial charge in [0.15, 0.2) is 17.0 Å². The smallest absolute Gasteiger partial charge is 0.355 e. The van der Waals surface area contributed by atoms with Crippen molar-refractivity contribution < 1.29 is 38.9 Å². The van der Waals surface area contributed by atoms with Gasteiger partial charge in [0, 0.05) is 53.3 Å². The summed E-state index contributed by atoms with van der Waals surface area (Å²) in [5.74, 6) is -3.70. The van der Waals surface area contributed by atoms with E-state index in [4.69, 9.17) is 25.9 Å². The molecular weight excluding hydrogens is 815 g/mol. The SMILES string of the molecule is CC[C@@]1(OC(=O)CC[C@H](NC(=O)c2ccc(N(C)Cc3cnc4nc(N)nc(N)c4n3)cc2)C(=O)O)C(=O)OCc2c1cc1n(c2=O)Cc2cc3c(CN(C)C)c(O)ccc3nc2-1. The van der Waals surface area contributed by atoms with E-state index >= 15 is 0 Å². The summed E-state index contributed by atoms with van der Waals surface area (Å²) in [4.78, 5) is 92.1. The Morgan fingerprint density at radius 1 is 1.02 bits per heavy atom. The molecule has 20 heteroatoms. The number of nitrogens with one attached hydrogen (secondary N) is 1. The van der Waals surface area contributed by atoms with Gasteiger partial charge in [0.25, 0.3) is 11.5 Å². The van der Waals surface area contributed by atoms with E-state index < -0.39 is 47.4 Å². The van der Waals surface area contributed by atoms with Crippen LogP contribution >= 0.6 is 0 Å². The number of carboxylic acid groups (broad SMARTS) is 1. The lowest BCUT2D eigenvalue weighted by Gasteiger charge is -2.35. The molecule has 7 N–H and O–H groups in total. The molecule has 0 radical (unpaired) electrons. The molecule has 2 aliphatic heterocycles. The lowest BCUT2D eigenvalue weighted by Crippen LogP contribution is -2.47. The number of carbonyl (C=O) groups excluding carboxylic acids is 3. The van der Waals surface area contributed by atoms with Gasteiger partial charge in [0.1, 0.15) is 18.4 Å². The quantitative estimate of drug-likeness (QED) is 0.104. The molecule has 324 valence electrons. The number of nitrogen functional groups attached to an aromatic ring is 2. The molecule has 2 aromatic carbocycles. The van der Waals surface area contributed by atoms with Crippen LogP contribution in [0.1, 0.15) is 64.5 Å². The second kappa shape index (κ2) is 16.3. The highest BCUT2D eigenvalue weighted by atomic mass is 16.6. The van der Waals surface area contributed by atoms with E-state index in [-0.39, 0.29) is 65.8 Å². The van der Waals surface area contributed by atoms with Crippen molar-refractivity contribution in [3.05, 3.63) is 98.6 Å². The number of phenolic OH excluding ortho intramolecular Hbond substituents is 1. The van der Waals surface area contributed by atoms with Crippen molar-refractivity contribution in [1.82, 2.24) is 39.7 Å². The molecule has 0 saturated carbocycles. The summed E-state index contributed by atoms with van der Waals surface area (Å²) in [6, 6.07) is 11.7. The number of anilines is 3. The molecule has 0 bridgehead atoms. The highest BCUT2D eigenvalue weighted by Crippen LogP contribution is 2.42. The first-order valence-corrected chi connectivity index (χ1v) is 19.9. The number of benzene rings is 2. The third kappa shape index (κ3) is 7.75. The van der Waals surface area contributed by atoms with Gasteiger partial charge < -0.3 is 50.8 Å². The van der Waals surface area contributed by atoms with Crippen LogP contribution in [0.5, 0.6) is 5.75 Å². The van der Waals surface area contributed by atoms with Gasteiger partial charge in [-0.2, -0.15) is 9.97 Å². The first kappa shape index (κ1) is 42.0. The van der Waals surface area contributed by atoms with E-state index in [1.807, 2.05) is 30.0 Å². The number of amides is 1. The number of carbonyl (C=O) groups is 4. The van der Waals surface area contributed by atoms with Gasteiger partial charge in [-0.25, -0.2) is 24.5 Å². The predicted octanol–water partition coefficient (Wildman–Crippen LogP) is 2.60. The molecule has 4 aromatic heterocycles. The zero-order chi connectivity index (χ0) is 44.9. The Bertz CT molecular complexity index is 2940. The van der Waals surface area contributed by atoms with Crippen LogP contribution in [0.4, 0.5) is 17.5 Å². The number of pyridine rings is 2. The summed E-state index contributed by atoms with van der Waals surface area (Å²) >= 11 is 0. The largest absolute Gasteiger partial charge is 0.508 e. The average Bonchev–Trinajstić information content (AvgIpc) is 3.61. The van der Waals surface area contributed by atoms with E-state index in [1.165, 1.54) is 22.9 Å². The highest BCUT2D eigenvalue weighted by Gasteiger charge is 2.50. The summed E-state index contributed by atoms with van der Waals surface area (Å²) in [5, 5.41) is 23.9. The van der Waals surface area contributed by atoms with E-state index in [0.717, 1.165) is 10.9 Å². The fraction of sp³-hybridized carbons (Fsp3) is 0.302. The third-order valence-electron chi connectivity index (χ3n) is 11.2. The van der Waals surface area contributed by atoms with E-state index in [1.54, 1.807) is 44.3 Å². The number of carboxylic acids is 1. The molecule has 2 atom stereocenters. The topological polar surface area (TPSA) is 284 Å². The number of ether oxygens (including phenoxy) is 2. The number of esters is 2. The van der Waals surface area contributed by atoms with Crippen LogP contribution in [0.2, 0.25) is 0 Å². The van der Waals surface area contributed by atoms with Crippen molar-refractivity contribution >= 4 is 63.3 Å². The molecule has 0 aliphatic carbocycles. The Morgan fingerprint density at radius 2 is 1.78 bits per heavy atom. The van der Waals surface area contributed by atoms with Gasteiger partial charge in [-0.05, 0) is 75.5 Å². The minimum Gasteiger partial charge on any atom is -0.508 e. The van der Waals surface area contributed by atoms with E-state index in [0.29, 0.717) is 52.5 Å². The highest BCUT2D eigenvalue weighted by molar-refractivity contribution is 5.97. The van der Waals surface area contributed by atoms with Crippen LogP contribution in [0.3, 0.4) is 0 Å². The molecule has 8 rings (SSSR count). The van der Waals surface area contributed by atoms with Crippen LogP contribution in [0.25, 0.3) is 33.5 Å². The normalized spacial score (nSPS) is 15.7. The van der Waals surface area contributed by atoms with Crippen LogP contribution in [-0.4, -0.2) is 95.6 Å². The van der Waals surface area contributed by atoms with Crippen molar-refractivity contribution in [2.75, 3.05) is 37.5 Å². The minimum atomic E-state index is -2.02.